The second-order valence-corrected chi connectivity index (χ2v) is 2.14. The van der Waals surface area contributed by atoms with E-state index in [4.69, 9.17) is 10.5 Å². The van der Waals surface area contributed by atoms with Crippen LogP contribution in [0.2, 0.25) is 0 Å². The Kier molecular flexibility index (Phi) is 5.11. The van der Waals surface area contributed by atoms with Crippen LogP contribution in [0, 0.1) is 0 Å². The monoisotopic (exact) mass is 155 g/mol. The Labute approximate surface area is 66.5 Å². The zero-order valence-electron chi connectivity index (χ0n) is 6.83. The van der Waals surface area contributed by atoms with Gasteiger partial charge < -0.3 is 10.5 Å². The number of methoxy groups -OCH3 is 1. The van der Waals surface area contributed by atoms with Gasteiger partial charge in [-0.25, -0.2) is 0 Å². The molecule has 11 heavy (non-hydrogen) atoms. The molecule has 0 radical (unpaired) electrons. The summed E-state index contributed by atoms with van der Waals surface area (Å²) in [7, 11) is 1.61. The number of hydrogen-bond donors (Lipinski definition) is 1. The van der Waals surface area contributed by atoms with E-state index < -0.39 is 5.91 Å². The molecule has 0 heterocycles. The molecule has 2 N–H and O–H groups in total. The fourth-order valence-corrected chi connectivity index (χ4v) is 0.496. The van der Waals surface area contributed by atoms with Gasteiger partial charge in [0.15, 0.2) is 0 Å². The van der Waals surface area contributed by atoms with Crippen molar-refractivity contribution in [1.29, 1.82) is 0 Å². The minimum atomic E-state index is -0.435. The summed E-state index contributed by atoms with van der Waals surface area (Å²) in [5.74, 6) is -0.435. The summed E-state index contributed by atoms with van der Waals surface area (Å²) >= 11 is 0. The summed E-state index contributed by atoms with van der Waals surface area (Å²) in [6.45, 7) is 2.42. The van der Waals surface area contributed by atoms with Gasteiger partial charge in [0.1, 0.15) is 0 Å². The lowest BCUT2D eigenvalue weighted by molar-refractivity contribution is -0.113. The second-order valence-electron chi connectivity index (χ2n) is 2.14. The van der Waals surface area contributed by atoms with Gasteiger partial charge in [-0.1, -0.05) is 17.7 Å². The Morgan fingerprint density at radius 2 is 2.18 bits per heavy atom. The molecule has 0 saturated carbocycles. The molecule has 0 bridgehead atoms. The van der Waals surface area contributed by atoms with Crippen LogP contribution in [0.4, 0.5) is 0 Å². The summed E-state index contributed by atoms with van der Waals surface area (Å²) in [5, 5.41) is 0. The Morgan fingerprint density at radius 1 is 1.55 bits per heavy atom. The van der Waals surface area contributed by atoms with Crippen molar-refractivity contribution < 1.29 is 9.53 Å². The van der Waals surface area contributed by atoms with E-state index in [0.29, 0.717) is 6.61 Å². The molecule has 0 saturated heterocycles. The number of rotatable bonds is 4. The van der Waals surface area contributed by atoms with Crippen LogP contribution in [0.15, 0.2) is 23.8 Å². The number of hydrogen-bond acceptors (Lipinski definition) is 2. The lowest BCUT2D eigenvalue weighted by Crippen LogP contribution is -2.05. The summed E-state index contributed by atoms with van der Waals surface area (Å²) in [4.78, 5) is 10.3. The first kappa shape index (κ1) is 9.91. The summed E-state index contributed by atoms with van der Waals surface area (Å²) in [6, 6.07) is 0. The van der Waals surface area contributed by atoms with E-state index in [9.17, 15) is 4.79 Å². The third kappa shape index (κ3) is 6.80. The van der Waals surface area contributed by atoms with Gasteiger partial charge in [0.2, 0.25) is 5.91 Å². The lowest BCUT2D eigenvalue weighted by atomic mass is 10.2. The van der Waals surface area contributed by atoms with E-state index in [0.717, 1.165) is 5.57 Å². The van der Waals surface area contributed by atoms with Crippen LogP contribution in [-0.2, 0) is 9.53 Å². The van der Waals surface area contributed by atoms with Crippen molar-refractivity contribution >= 4 is 5.91 Å². The first-order valence-electron chi connectivity index (χ1n) is 3.30. The van der Waals surface area contributed by atoms with Crippen molar-refractivity contribution in [2.75, 3.05) is 13.7 Å². The molecule has 62 valence electrons. The molecule has 3 nitrogen and oxygen atoms in total. The van der Waals surface area contributed by atoms with Gasteiger partial charge in [0.05, 0.1) is 6.61 Å². The molecule has 0 atom stereocenters. The Morgan fingerprint density at radius 3 is 2.64 bits per heavy atom. The Bertz CT molecular complexity index is 183. The highest BCUT2D eigenvalue weighted by atomic mass is 16.5. The maximum Gasteiger partial charge on any atom is 0.241 e. The fraction of sp³-hybridized carbons (Fsp3) is 0.375. The second kappa shape index (κ2) is 5.68. The van der Waals surface area contributed by atoms with Crippen LogP contribution in [0.25, 0.3) is 0 Å². The topological polar surface area (TPSA) is 52.3 Å². The SMILES string of the molecule is COC/C=C(C)/C=C/C(N)=O. The molecule has 0 fully saturated rings. The molecule has 0 rings (SSSR count). The van der Waals surface area contributed by atoms with E-state index >= 15 is 0 Å². The highest BCUT2D eigenvalue weighted by Crippen LogP contribution is 1.93. The average molecular weight is 155 g/mol. The van der Waals surface area contributed by atoms with Gasteiger partial charge in [0.25, 0.3) is 0 Å². The van der Waals surface area contributed by atoms with Gasteiger partial charge in [-0.15, -0.1) is 0 Å². The van der Waals surface area contributed by atoms with Crippen LogP contribution in [0.1, 0.15) is 6.92 Å². The van der Waals surface area contributed by atoms with Crippen molar-refractivity contribution in [3.63, 3.8) is 0 Å². The van der Waals surface area contributed by atoms with Gasteiger partial charge in [-0.3, -0.25) is 4.79 Å². The number of nitrogens with two attached hydrogens (primary N) is 1. The van der Waals surface area contributed by atoms with E-state index in [2.05, 4.69) is 0 Å². The predicted octanol–water partition coefficient (Wildman–Crippen LogP) is 0.621. The number of allylic oxidation sites excluding steroid dienone is 2. The minimum Gasteiger partial charge on any atom is -0.381 e. The number of primary amides is 1. The molecular weight excluding hydrogens is 142 g/mol. The van der Waals surface area contributed by atoms with E-state index in [1.165, 1.54) is 6.08 Å². The van der Waals surface area contributed by atoms with Crippen molar-refractivity contribution in [3.05, 3.63) is 23.8 Å². The minimum absolute atomic E-state index is 0.435. The molecule has 0 aromatic heterocycles. The molecule has 0 unspecified atom stereocenters. The summed E-state index contributed by atoms with van der Waals surface area (Å²) in [5.41, 5.74) is 5.85. The first-order valence-corrected chi connectivity index (χ1v) is 3.30. The highest BCUT2D eigenvalue weighted by Gasteiger charge is 1.83. The molecule has 1 amide bonds. The summed E-state index contributed by atoms with van der Waals surface area (Å²) in [6.07, 6.45) is 4.84. The number of carbonyl (C=O) groups excluding carboxylic acids is 1. The number of amides is 1. The zero-order valence-corrected chi connectivity index (χ0v) is 6.83. The predicted molar refractivity (Wildman–Crippen MR) is 44.0 cm³/mol. The van der Waals surface area contributed by atoms with Crippen LogP contribution in [0.3, 0.4) is 0 Å². The van der Waals surface area contributed by atoms with Crippen LogP contribution in [-0.4, -0.2) is 19.6 Å². The van der Waals surface area contributed by atoms with E-state index in [-0.39, 0.29) is 0 Å². The molecule has 0 aromatic carbocycles. The van der Waals surface area contributed by atoms with E-state index in [1.54, 1.807) is 13.2 Å². The van der Waals surface area contributed by atoms with Crippen LogP contribution >= 0.6 is 0 Å². The zero-order chi connectivity index (χ0) is 8.69. The maximum absolute atomic E-state index is 10.3. The number of ether oxygens (including phenoxy) is 1. The lowest BCUT2D eigenvalue weighted by Gasteiger charge is -1.91. The van der Waals surface area contributed by atoms with Crippen LogP contribution < -0.4 is 5.73 Å². The van der Waals surface area contributed by atoms with Crippen LogP contribution in [0.5, 0.6) is 0 Å². The van der Waals surface area contributed by atoms with Crippen molar-refractivity contribution in [3.8, 4) is 0 Å². The van der Waals surface area contributed by atoms with Gasteiger partial charge in [-0.2, -0.15) is 0 Å². The summed E-state index contributed by atoms with van der Waals surface area (Å²) < 4.78 is 4.79. The van der Waals surface area contributed by atoms with Crippen molar-refractivity contribution in [1.82, 2.24) is 0 Å². The quantitative estimate of drug-likeness (QED) is 0.478. The maximum atomic E-state index is 10.3. The van der Waals surface area contributed by atoms with Crippen molar-refractivity contribution in [2.45, 2.75) is 6.92 Å². The number of carbonyl (C=O) groups is 1. The first-order chi connectivity index (χ1) is 5.16. The molecule has 0 aliphatic rings. The molecule has 0 aliphatic carbocycles. The Balaban J connectivity index is 3.84. The van der Waals surface area contributed by atoms with Gasteiger partial charge in [0, 0.05) is 13.2 Å². The fourth-order valence-electron chi connectivity index (χ4n) is 0.496. The molecule has 0 spiro atoms. The van der Waals surface area contributed by atoms with Gasteiger partial charge >= 0.3 is 0 Å². The molecule has 0 aromatic rings. The Hall–Kier alpha value is -1.09. The molecule has 0 aliphatic heterocycles. The standard InChI is InChI=1S/C8H13NO2/c1-7(5-6-11-2)3-4-8(9)10/h3-5H,6H2,1-2H3,(H2,9,10)/b4-3+,7-5+. The third-order valence-electron chi connectivity index (χ3n) is 1.08. The normalized spacial score (nSPS) is 12.4. The van der Waals surface area contributed by atoms with E-state index in [1.807, 2.05) is 13.0 Å². The molecule has 3 heteroatoms. The third-order valence-corrected chi connectivity index (χ3v) is 1.08. The smallest absolute Gasteiger partial charge is 0.241 e. The van der Waals surface area contributed by atoms with Gasteiger partial charge in [-0.05, 0) is 6.92 Å². The van der Waals surface area contributed by atoms with Crippen molar-refractivity contribution in [2.24, 2.45) is 5.73 Å². The average Bonchev–Trinajstić information content (AvgIpc) is 1.97. The molecular formula is C8H13NO2. The highest BCUT2D eigenvalue weighted by molar-refractivity contribution is 5.86. The largest absolute Gasteiger partial charge is 0.381 e.